The number of halogens is 1. The third-order valence-electron chi connectivity index (χ3n) is 6.65. The van der Waals surface area contributed by atoms with Crippen LogP contribution in [-0.2, 0) is 26.8 Å². The van der Waals surface area contributed by atoms with Crippen LogP contribution in [0.2, 0.25) is 0 Å². The van der Waals surface area contributed by atoms with Gasteiger partial charge in [-0.2, -0.15) is 0 Å². The van der Waals surface area contributed by atoms with Crippen LogP contribution >= 0.6 is 15.9 Å². The van der Waals surface area contributed by atoms with Crippen molar-refractivity contribution in [2.24, 2.45) is 5.92 Å². The Bertz CT molecular complexity index is 1130. The SMILES string of the molecule is CC(=O)OC[C@H](Cc1ccccc1)[C@@H](c1ccc(Br)cc1)c1cc(C(C)(C)C)c(O)c(C(C)(C)C)c1. The summed E-state index contributed by atoms with van der Waals surface area (Å²) in [4.78, 5) is 11.9. The van der Waals surface area contributed by atoms with Crippen molar-refractivity contribution in [3.8, 4) is 5.75 Å². The first-order chi connectivity index (χ1) is 16.8. The van der Waals surface area contributed by atoms with Crippen LogP contribution < -0.4 is 0 Å². The van der Waals surface area contributed by atoms with Crippen LogP contribution in [0.15, 0.2) is 71.2 Å². The number of hydrogen-bond donors (Lipinski definition) is 1. The molecule has 192 valence electrons. The van der Waals surface area contributed by atoms with Crippen molar-refractivity contribution < 1.29 is 14.6 Å². The van der Waals surface area contributed by atoms with E-state index in [9.17, 15) is 9.90 Å². The third kappa shape index (κ3) is 7.00. The Morgan fingerprint density at radius 3 is 1.86 bits per heavy atom. The Hall–Kier alpha value is -2.59. The maximum atomic E-state index is 11.9. The molecule has 0 amide bonds. The number of aromatic hydroxyl groups is 1. The Morgan fingerprint density at radius 1 is 0.861 bits per heavy atom. The number of benzene rings is 3. The lowest BCUT2D eigenvalue weighted by Crippen LogP contribution is -2.25. The van der Waals surface area contributed by atoms with Gasteiger partial charge in [0, 0.05) is 23.2 Å². The van der Waals surface area contributed by atoms with Gasteiger partial charge in [0.05, 0.1) is 6.61 Å². The van der Waals surface area contributed by atoms with E-state index in [0.717, 1.165) is 33.1 Å². The molecule has 2 atom stereocenters. The maximum absolute atomic E-state index is 11.9. The first kappa shape index (κ1) is 28.0. The average Bonchev–Trinajstić information content (AvgIpc) is 2.78. The highest BCUT2D eigenvalue weighted by molar-refractivity contribution is 9.10. The molecule has 3 rings (SSSR count). The third-order valence-corrected chi connectivity index (χ3v) is 7.18. The van der Waals surface area contributed by atoms with Crippen molar-refractivity contribution in [3.05, 3.63) is 99.0 Å². The highest BCUT2D eigenvalue weighted by atomic mass is 79.9. The van der Waals surface area contributed by atoms with Gasteiger partial charge in [-0.05, 0) is 57.2 Å². The fraction of sp³-hybridized carbons (Fsp3) is 0.406. The molecular weight excluding hydrogens is 512 g/mol. The topological polar surface area (TPSA) is 46.5 Å². The van der Waals surface area contributed by atoms with Gasteiger partial charge in [-0.15, -0.1) is 0 Å². The first-order valence-electron chi connectivity index (χ1n) is 12.6. The van der Waals surface area contributed by atoms with Gasteiger partial charge in [0.15, 0.2) is 0 Å². The van der Waals surface area contributed by atoms with E-state index in [2.05, 4.69) is 106 Å². The summed E-state index contributed by atoms with van der Waals surface area (Å²) in [6, 6.07) is 23.1. The summed E-state index contributed by atoms with van der Waals surface area (Å²) in [6.45, 7) is 14.6. The molecular formula is C32H39BrO3. The van der Waals surface area contributed by atoms with Gasteiger partial charge >= 0.3 is 5.97 Å². The summed E-state index contributed by atoms with van der Waals surface area (Å²) in [5.41, 5.74) is 4.85. The highest BCUT2D eigenvalue weighted by Gasteiger charge is 2.32. The number of ether oxygens (including phenoxy) is 1. The molecule has 0 fully saturated rings. The smallest absolute Gasteiger partial charge is 0.302 e. The summed E-state index contributed by atoms with van der Waals surface area (Å²) in [7, 11) is 0. The minimum absolute atomic E-state index is 0.00246. The fourth-order valence-electron chi connectivity index (χ4n) is 4.80. The fourth-order valence-corrected chi connectivity index (χ4v) is 5.07. The molecule has 0 saturated heterocycles. The van der Waals surface area contributed by atoms with E-state index >= 15 is 0 Å². The Labute approximate surface area is 225 Å². The number of phenolic OH excluding ortho intramolecular Hbond substituents is 1. The molecule has 0 unspecified atom stereocenters. The van der Waals surface area contributed by atoms with E-state index in [-0.39, 0.29) is 28.6 Å². The second-order valence-electron chi connectivity index (χ2n) is 11.7. The van der Waals surface area contributed by atoms with Crippen LogP contribution in [0.4, 0.5) is 0 Å². The van der Waals surface area contributed by atoms with Crippen molar-refractivity contribution >= 4 is 21.9 Å². The minimum Gasteiger partial charge on any atom is -0.507 e. The Balaban J connectivity index is 2.27. The van der Waals surface area contributed by atoms with Crippen molar-refractivity contribution in [3.63, 3.8) is 0 Å². The average molecular weight is 552 g/mol. The number of carbonyl (C=O) groups is 1. The van der Waals surface area contributed by atoms with E-state index in [4.69, 9.17) is 4.74 Å². The van der Waals surface area contributed by atoms with Crippen LogP contribution in [0, 0.1) is 5.92 Å². The zero-order valence-corrected chi connectivity index (χ0v) is 24.1. The summed E-state index contributed by atoms with van der Waals surface area (Å²) in [6.07, 6.45) is 0.755. The number of phenols is 1. The predicted octanol–water partition coefficient (Wildman–Crippen LogP) is 8.30. The van der Waals surface area contributed by atoms with Crippen molar-refractivity contribution in [2.75, 3.05) is 6.61 Å². The highest BCUT2D eigenvalue weighted by Crippen LogP contribution is 2.44. The molecule has 4 heteroatoms. The van der Waals surface area contributed by atoms with Gasteiger partial charge in [-0.25, -0.2) is 0 Å². The van der Waals surface area contributed by atoms with Crippen molar-refractivity contribution in [1.82, 2.24) is 0 Å². The lowest BCUT2D eigenvalue weighted by atomic mass is 9.73. The molecule has 0 heterocycles. The van der Waals surface area contributed by atoms with E-state index in [1.54, 1.807) is 0 Å². The van der Waals surface area contributed by atoms with Crippen LogP contribution in [0.3, 0.4) is 0 Å². The van der Waals surface area contributed by atoms with Gasteiger partial charge in [-0.3, -0.25) is 4.79 Å². The molecule has 0 aliphatic rings. The number of esters is 1. The monoisotopic (exact) mass is 550 g/mol. The number of rotatable bonds is 7. The summed E-state index contributed by atoms with van der Waals surface area (Å²) < 4.78 is 6.66. The van der Waals surface area contributed by atoms with E-state index in [1.807, 2.05) is 18.2 Å². The zero-order chi connectivity index (χ0) is 26.7. The molecule has 3 aromatic rings. The molecule has 1 N–H and O–H groups in total. The van der Waals surface area contributed by atoms with Crippen LogP contribution in [0.25, 0.3) is 0 Å². The maximum Gasteiger partial charge on any atom is 0.302 e. The molecule has 0 radical (unpaired) electrons. The minimum atomic E-state index is -0.279. The normalized spacial score (nSPS) is 13.8. The molecule has 0 bridgehead atoms. The quantitative estimate of drug-likeness (QED) is 0.301. The lowest BCUT2D eigenvalue weighted by molar-refractivity contribution is -0.142. The molecule has 0 aromatic heterocycles. The molecule has 0 saturated carbocycles. The molecule has 0 aliphatic heterocycles. The van der Waals surface area contributed by atoms with Crippen molar-refractivity contribution in [2.45, 2.75) is 71.6 Å². The largest absolute Gasteiger partial charge is 0.507 e. The summed E-state index contributed by atoms with van der Waals surface area (Å²) >= 11 is 3.57. The van der Waals surface area contributed by atoms with Crippen LogP contribution in [0.5, 0.6) is 5.75 Å². The first-order valence-corrected chi connectivity index (χ1v) is 13.4. The molecule has 0 aliphatic carbocycles. The van der Waals surface area contributed by atoms with Crippen molar-refractivity contribution in [1.29, 1.82) is 0 Å². The van der Waals surface area contributed by atoms with Crippen LogP contribution in [0.1, 0.15) is 82.2 Å². The van der Waals surface area contributed by atoms with Gasteiger partial charge in [0.1, 0.15) is 5.75 Å². The zero-order valence-electron chi connectivity index (χ0n) is 22.6. The summed E-state index contributed by atoms with van der Waals surface area (Å²) in [5.74, 6) is 0.0510. The second kappa shape index (κ2) is 11.2. The molecule has 0 spiro atoms. The van der Waals surface area contributed by atoms with E-state index in [1.165, 1.54) is 12.5 Å². The van der Waals surface area contributed by atoms with Gasteiger partial charge in [0.25, 0.3) is 0 Å². The predicted molar refractivity (Wildman–Crippen MR) is 152 cm³/mol. The van der Waals surface area contributed by atoms with E-state index in [0.29, 0.717) is 12.4 Å². The number of hydrogen-bond acceptors (Lipinski definition) is 3. The van der Waals surface area contributed by atoms with Gasteiger partial charge < -0.3 is 9.84 Å². The van der Waals surface area contributed by atoms with E-state index < -0.39 is 0 Å². The molecule has 3 aromatic carbocycles. The molecule has 36 heavy (non-hydrogen) atoms. The number of carbonyl (C=O) groups excluding carboxylic acids is 1. The van der Waals surface area contributed by atoms with Gasteiger partial charge in [-0.1, -0.05) is 112 Å². The standard InChI is InChI=1S/C32H39BrO3/c1-21(34)36-20-25(17-22-11-9-8-10-12-22)29(23-13-15-26(33)16-14-23)24-18-27(31(2,3)4)30(35)28(19-24)32(5,6)7/h8-16,18-19,25,29,35H,17,20H2,1-7H3/t25-,29-/m0/s1. The second-order valence-corrected chi connectivity index (χ2v) is 12.7. The molecule has 3 nitrogen and oxygen atoms in total. The van der Waals surface area contributed by atoms with Crippen LogP contribution in [-0.4, -0.2) is 17.7 Å². The van der Waals surface area contributed by atoms with Gasteiger partial charge in [0.2, 0.25) is 0 Å². The Morgan fingerprint density at radius 2 is 1.39 bits per heavy atom. The summed E-state index contributed by atoms with van der Waals surface area (Å²) in [5, 5.41) is 11.3. The Kier molecular flexibility index (Phi) is 8.71. The lowest BCUT2D eigenvalue weighted by Gasteiger charge is -2.33.